The molecule has 5 N–H and O–H groups in total. The molecule has 0 unspecified atom stereocenters. The van der Waals surface area contributed by atoms with Crippen LogP contribution >= 0.6 is 0 Å². The Morgan fingerprint density at radius 1 is 1.36 bits per heavy atom. The first-order chi connectivity index (χ1) is 5.04. The monoisotopic (exact) mass is 154 g/mol. The smallest absolute Gasteiger partial charge is 0.226 e. The summed E-state index contributed by atoms with van der Waals surface area (Å²) >= 11 is 0. The summed E-state index contributed by atoms with van der Waals surface area (Å²) in [4.78, 5) is 10.6. The van der Waals surface area contributed by atoms with Crippen molar-refractivity contribution in [1.82, 2.24) is 0 Å². The summed E-state index contributed by atoms with van der Waals surface area (Å²) < 4.78 is 0. The van der Waals surface area contributed by atoms with Crippen molar-refractivity contribution in [2.75, 3.05) is 0 Å². The average Bonchev–Trinajstić information content (AvgIpc) is 1.97. The Balaban J connectivity index is 3.19. The fourth-order valence-electron chi connectivity index (χ4n) is 0.654. The predicted molar refractivity (Wildman–Crippen MR) is 37.3 cm³/mol. The first kappa shape index (κ1) is 7.33. The number of nitrogens with two attached hydrogens (primary N) is 1. The third-order valence-electron chi connectivity index (χ3n) is 1.27. The second-order valence-electron chi connectivity index (χ2n) is 2.04. The number of carbonyl (C=O) groups is 1. The van der Waals surface area contributed by atoms with Crippen LogP contribution in [0.2, 0.25) is 0 Å². The van der Waals surface area contributed by atoms with Crippen molar-refractivity contribution >= 4 is 11.5 Å². The molecular weight excluding hydrogens is 148 g/mol. The van der Waals surface area contributed by atoms with Crippen molar-refractivity contribution in [3.05, 3.63) is 23.3 Å². The highest BCUT2D eigenvalue weighted by Gasteiger charge is 2.23. The number of hydrogen-bond acceptors (Lipinski definition) is 5. The molecule has 0 aromatic rings. The van der Waals surface area contributed by atoms with Gasteiger partial charge in [-0.25, -0.2) is 0 Å². The van der Waals surface area contributed by atoms with E-state index in [1.54, 1.807) is 0 Å². The Morgan fingerprint density at radius 3 is 2.45 bits per heavy atom. The summed E-state index contributed by atoms with van der Waals surface area (Å²) in [6.45, 7) is 0. The lowest BCUT2D eigenvalue weighted by Crippen LogP contribution is -2.22. The largest absolute Gasteiger partial charge is 0.503 e. The number of rotatable bonds is 0. The maximum Gasteiger partial charge on any atom is 0.226 e. The molecule has 1 aliphatic carbocycles. The SMILES string of the molecule is N=C1C(N)=CC(=O)C(O)=C1O. The second-order valence-corrected chi connectivity index (χ2v) is 2.04. The third kappa shape index (κ3) is 0.958. The summed E-state index contributed by atoms with van der Waals surface area (Å²) in [5, 5.41) is 24.6. The highest BCUT2D eigenvalue weighted by atomic mass is 16.3. The van der Waals surface area contributed by atoms with Crippen LogP contribution in [-0.4, -0.2) is 21.7 Å². The van der Waals surface area contributed by atoms with Gasteiger partial charge in [-0.05, 0) is 0 Å². The molecule has 0 fully saturated rings. The molecule has 0 saturated carbocycles. The van der Waals surface area contributed by atoms with Gasteiger partial charge in [0.1, 0.15) is 5.71 Å². The summed E-state index contributed by atoms with van der Waals surface area (Å²) in [6, 6.07) is 0. The molecule has 1 rings (SSSR count). The van der Waals surface area contributed by atoms with E-state index in [-0.39, 0.29) is 5.70 Å². The quantitative estimate of drug-likeness (QED) is 0.361. The Kier molecular flexibility index (Phi) is 1.41. The van der Waals surface area contributed by atoms with Crippen molar-refractivity contribution in [2.24, 2.45) is 5.73 Å². The number of aliphatic hydroxyl groups is 2. The Morgan fingerprint density at radius 2 is 1.91 bits per heavy atom. The van der Waals surface area contributed by atoms with Gasteiger partial charge in [-0.15, -0.1) is 0 Å². The van der Waals surface area contributed by atoms with Crippen LogP contribution in [0.5, 0.6) is 0 Å². The van der Waals surface area contributed by atoms with Gasteiger partial charge in [0.2, 0.25) is 11.5 Å². The lowest BCUT2D eigenvalue weighted by Gasteiger charge is -2.09. The zero-order valence-corrected chi connectivity index (χ0v) is 5.46. The minimum Gasteiger partial charge on any atom is -0.503 e. The molecule has 5 heteroatoms. The Bertz CT molecular complexity index is 301. The van der Waals surface area contributed by atoms with Gasteiger partial charge in [-0.3, -0.25) is 10.2 Å². The molecule has 0 aromatic heterocycles. The molecule has 0 heterocycles. The summed E-state index contributed by atoms with van der Waals surface area (Å²) in [7, 11) is 0. The van der Waals surface area contributed by atoms with Crippen LogP contribution in [0.4, 0.5) is 0 Å². The number of nitrogens with one attached hydrogen (secondary N) is 1. The van der Waals surface area contributed by atoms with Gasteiger partial charge in [0, 0.05) is 6.08 Å². The van der Waals surface area contributed by atoms with Gasteiger partial charge in [0.05, 0.1) is 5.70 Å². The van der Waals surface area contributed by atoms with Crippen molar-refractivity contribution in [3.8, 4) is 0 Å². The molecule has 5 nitrogen and oxygen atoms in total. The number of hydrogen-bond donors (Lipinski definition) is 4. The van der Waals surface area contributed by atoms with Crippen molar-refractivity contribution in [1.29, 1.82) is 5.41 Å². The average molecular weight is 154 g/mol. The van der Waals surface area contributed by atoms with E-state index in [1.807, 2.05) is 0 Å². The first-order valence-electron chi connectivity index (χ1n) is 2.77. The van der Waals surface area contributed by atoms with Crippen LogP contribution in [0.15, 0.2) is 23.3 Å². The fourth-order valence-corrected chi connectivity index (χ4v) is 0.654. The van der Waals surface area contributed by atoms with E-state index in [0.29, 0.717) is 0 Å². The molecule has 0 spiro atoms. The van der Waals surface area contributed by atoms with Crippen LogP contribution in [0.25, 0.3) is 0 Å². The lowest BCUT2D eigenvalue weighted by atomic mass is 10.1. The van der Waals surface area contributed by atoms with E-state index < -0.39 is 23.0 Å². The lowest BCUT2D eigenvalue weighted by molar-refractivity contribution is -0.113. The maximum absolute atomic E-state index is 10.6. The van der Waals surface area contributed by atoms with E-state index in [1.165, 1.54) is 0 Å². The van der Waals surface area contributed by atoms with Gasteiger partial charge < -0.3 is 15.9 Å². The Labute approximate surface area is 62.0 Å². The molecule has 58 valence electrons. The van der Waals surface area contributed by atoms with Gasteiger partial charge in [-0.2, -0.15) is 0 Å². The molecule has 0 radical (unpaired) electrons. The van der Waals surface area contributed by atoms with Gasteiger partial charge in [0.25, 0.3) is 0 Å². The van der Waals surface area contributed by atoms with Crippen molar-refractivity contribution in [3.63, 3.8) is 0 Å². The van der Waals surface area contributed by atoms with E-state index in [9.17, 15) is 4.79 Å². The zero-order valence-electron chi connectivity index (χ0n) is 5.46. The normalized spacial score (nSPS) is 18.7. The van der Waals surface area contributed by atoms with E-state index in [2.05, 4.69) is 0 Å². The van der Waals surface area contributed by atoms with Crippen LogP contribution in [-0.2, 0) is 4.79 Å². The van der Waals surface area contributed by atoms with Crippen molar-refractivity contribution < 1.29 is 15.0 Å². The molecule has 0 amide bonds. The van der Waals surface area contributed by atoms with Crippen LogP contribution in [0.3, 0.4) is 0 Å². The highest BCUT2D eigenvalue weighted by Crippen LogP contribution is 2.11. The van der Waals surface area contributed by atoms with Gasteiger partial charge in [-0.1, -0.05) is 0 Å². The summed E-state index contributed by atoms with van der Waals surface area (Å²) in [6.07, 6.45) is 0.886. The molecule has 0 saturated heterocycles. The van der Waals surface area contributed by atoms with Crippen molar-refractivity contribution in [2.45, 2.75) is 0 Å². The number of ketones is 1. The molecule has 0 aliphatic heterocycles. The Hall–Kier alpha value is -1.78. The number of carbonyl (C=O) groups excluding carboxylic acids is 1. The number of aliphatic hydroxyl groups excluding tert-OH is 2. The van der Waals surface area contributed by atoms with E-state index in [0.717, 1.165) is 6.08 Å². The summed E-state index contributed by atoms with van der Waals surface area (Å²) in [5.41, 5.74) is 4.56. The maximum atomic E-state index is 10.6. The highest BCUT2D eigenvalue weighted by molar-refractivity contribution is 6.21. The molecule has 0 atom stereocenters. The zero-order chi connectivity index (χ0) is 8.59. The summed E-state index contributed by atoms with van der Waals surface area (Å²) in [5.74, 6) is -2.38. The van der Waals surface area contributed by atoms with E-state index >= 15 is 0 Å². The van der Waals surface area contributed by atoms with Gasteiger partial charge in [0.15, 0.2) is 5.76 Å². The molecule has 1 aliphatic rings. The van der Waals surface area contributed by atoms with Gasteiger partial charge >= 0.3 is 0 Å². The van der Waals surface area contributed by atoms with Crippen LogP contribution in [0.1, 0.15) is 0 Å². The van der Waals surface area contributed by atoms with E-state index in [4.69, 9.17) is 21.4 Å². The molecule has 0 aromatic carbocycles. The molecule has 11 heavy (non-hydrogen) atoms. The molecule has 0 bridgehead atoms. The van der Waals surface area contributed by atoms with Crippen LogP contribution in [0, 0.1) is 5.41 Å². The minimum atomic E-state index is -0.829. The fraction of sp³-hybridized carbons (Fsp3) is 0. The number of allylic oxidation sites excluding steroid dienone is 1. The third-order valence-corrected chi connectivity index (χ3v) is 1.27. The predicted octanol–water partition coefficient (Wildman–Crippen LogP) is -0.241. The first-order valence-corrected chi connectivity index (χ1v) is 2.77. The topological polar surface area (TPSA) is 107 Å². The molecular formula is C6H6N2O3. The van der Waals surface area contributed by atoms with Crippen LogP contribution < -0.4 is 5.73 Å². The second kappa shape index (κ2) is 2.12. The standard InChI is InChI=1S/C6H6N2O3/c7-2-1-3(9)5(10)6(11)4(2)8/h1,8,10-11H,7H2. The minimum absolute atomic E-state index is 0.148.